The number of amides is 1. The van der Waals surface area contributed by atoms with Crippen LogP contribution >= 0.6 is 0 Å². The van der Waals surface area contributed by atoms with Crippen molar-refractivity contribution in [1.29, 1.82) is 0 Å². The van der Waals surface area contributed by atoms with Crippen LogP contribution in [0.15, 0.2) is 48.7 Å². The molecule has 3 nitrogen and oxygen atoms in total. The molecular formula is C19H20N2O. The summed E-state index contributed by atoms with van der Waals surface area (Å²) in [5.41, 5.74) is 2.94. The molecule has 1 heterocycles. The number of hydrogen-bond acceptors (Lipinski definition) is 2. The lowest BCUT2D eigenvalue weighted by Crippen LogP contribution is -2.32. The third-order valence-electron chi connectivity index (χ3n) is 5.32. The fourth-order valence-electron chi connectivity index (χ4n) is 4.05. The number of hydrogen-bond donors (Lipinski definition) is 0. The maximum Gasteiger partial charge on any atom is 0.231 e. The Morgan fingerprint density at radius 3 is 2.86 bits per heavy atom. The van der Waals surface area contributed by atoms with E-state index < -0.39 is 0 Å². The van der Waals surface area contributed by atoms with E-state index in [1.165, 1.54) is 17.5 Å². The number of aromatic nitrogens is 1. The number of carbonyl (C=O) groups excluding carboxylic acids is 1. The number of fused-ring (bicyclic) bond motifs is 2. The van der Waals surface area contributed by atoms with Crippen LogP contribution in [0.5, 0.6) is 0 Å². The molecule has 0 saturated heterocycles. The zero-order chi connectivity index (χ0) is 15.2. The quantitative estimate of drug-likeness (QED) is 0.850. The molecule has 3 heteroatoms. The van der Waals surface area contributed by atoms with Gasteiger partial charge in [0.1, 0.15) is 5.82 Å². The van der Waals surface area contributed by atoms with Crippen molar-refractivity contribution in [1.82, 2.24) is 4.98 Å². The lowest BCUT2D eigenvalue weighted by atomic mass is 9.78. The van der Waals surface area contributed by atoms with Gasteiger partial charge in [-0.25, -0.2) is 4.98 Å². The van der Waals surface area contributed by atoms with Crippen molar-refractivity contribution in [3.63, 3.8) is 0 Å². The number of nitrogens with zero attached hydrogens (tertiary/aromatic N) is 2. The highest BCUT2D eigenvalue weighted by Gasteiger charge is 2.60. The van der Waals surface area contributed by atoms with Crippen LogP contribution in [0, 0.1) is 5.92 Å². The number of anilines is 1. The fourth-order valence-corrected chi connectivity index (χ4v) is 4.05. The molecule has 1 fully saturated rings. The van der Waals surface area contributed by atoms with Gasteiger partial charge in [0.15, 0.2) is 0 Å². The third kappa shape index (κ3) is 1.96. The average Bonchev–Trinajstić information content (AvgIpc) is 3.29. The van der Waals surface area contributed by atoms with Crippen molar-refractivity contribution >= 4 is 11.7 Å². The lowest BCUT2D eigenvalue weighted by molar-refractivity contribution is -0.120. The number of pyridine rings is 1. The Hall–Kier alpha value is -2.16. The first-order chi connectivity index (χ1) is 10.7. The Morgan fingerprint density at radius 1 is 1.23 bits per heavy atom. The molecule has 2 atom stereocenters. The second kappa shape index (κ2) is 4.94. The van der Waals surface area contributed by atoms with Gasteiger partial charge >= 0.3 is 0 Å². The molecule has 0 bridgehead atoms. The van der Waals surface area contributed by atoms with Crippen molar-refractivity contribution < 1.29 is 4.79 Å². The normalized spacial score (nSPS) is 25.6. The summed E-state index contributed by atoms with van der Waals surface area (Å²) in [6.45, 7) is 0. The van der Waals surface area contributed by atoms with Gasteiger partial charge in [0.2, 0.25) is 5.91 Å². The molecule has 0 N–H and O–H groups in total. The van der Waals surface area contributed by atoms with Crippen LogP contribution in [0.4, 0.5) is 5.82 Å². The molecule has 4 rings (SSSR count). The van der Waals surface area contributed by atoms with Gasteiger partial charge in [-0.2, -0.15) is 0 Å². The van der Waals surface area contributed by atoms with E-state index in [-0.39, 0.29) is 17.2 Å². The molecule has 2 aliphatic rings. The predicted molar refractivity (Wildman–Crippen MR) is 86.8 cm³/mol. The highest BCUT2D eigenvalue weighted by atomic mass is 16.2. The van der Waals surface area contributed by atoms with Crippen LogP contribution in [0.25, 0.3) is 0 Å². The predicted octanol–water partition coefficient (Wildman–Crippen LogP) is 3.34. The van der Waals surface area contributed by atoms with E-state index in [1.54, 1.807) is 11.1 Å². The second-order valence-electron chi connectivity index (χ2n) is 6.51. The third-order valence-corrected chi connectivity index (χ3v) is 5.32. The van der Waals surface area contributed by atoms with Crippen LogP contribution in [-0.2, 0) is 16.6 Å². The maximum atomic E-state index is 12.9. The smallest absolute Gasteiger partial charge is 0.231 e. The fraction of sp³-hybridized carbons (Fsp3) is 0.368. The summed E-state index contributed by atoms with van der Waals surface area (Å²) in [4.78, 5) is 18.9. The van der Waals surface area contributed by atoms with Gasteiger partial charge in [0.05, 0.1) is 0 Å². The van der Waals surface area contributed by atoms with Crippen LogP contribution < -0.4 is 4.90 Å². The topological polar surface area (TPSA) is 33.2 Å². The summed E-state index contributed by atoms with van der Waals surface area (Å²) in [6.07, 6.45) is 6.19. The summed E-state index contributed by atoms with van der Waals surface area (Å²) < 4.78 is 0. The van der Waals surface area contributed by atoms with Crippen molar-refractivity contribution in [2.75, 3.05) is 11.9 Å². The zero-order valence-electron chi connectivity index (χ0n) is 12.8. The van der Waals surface area contributed by atoms with Gasteiger partial charge in [-0.3, -0.25) is 9.69 Å². The SMILES string of the molecule is CN(C(=O)C1CC12CCCc1ccccc12)c1ccccn1. The molecule has 0 radical (unpaired) electrons. The van der Waals surface area contributed by atoms with Crippen LogP contribution in [-0.4, -0.2) is 17.9 Å². The highest BCUT2D eigenvalue weighted by Crippen LogP contribution is 2.60. The molecule has 1 aromatic heterocycles. The minimum absolute atomic E-state index is 0.0922. The first-order valence-corrected chi connectivity index (χ1v) is 7.99. The molecule has 2 unspecified atom stereocenters. The maximum absolute atomic E-state index is 12.9. The van der Waals surface area contributed by atoms with Gasteiger partial charge in [-0.15, -0.1) is 0 Å². The molecule has 1 saturated carbocycles. The van der Waals surface area contributed by atoms with Crippen molar-refractivity contribution in [2.45, 2.75) is 31.1 Å². The monoisotopic (exact) mass is 292 g/mol. The molecule has 112 valence electrons. The first-order valence-electron chi connectivity index (χ1n) is 7.99. The number of carbonyl (C=O) groups is 1. The average molecular weight is 292 g/mol. The van der Waals surface area contributed by atoms with Gasteiger partial charge in [0.25, 0.3) is 0 Å². The van der Waals surface area contributed by atoms with E-state index in [1.807, 2.05) is 25.2 Å². The second-order valence-corrected chi connectivity index (χ2v) is 6.51. The van der Waals surface area contributed by atoms with E-state index in [9.17, 15) is 4.79 Å². The minimum Gasteiger partial charge on any atom is -0.300 e. The Kier molecular flexibility index (Phi) is 3.03. The summed E-state index contributed by atoms with van der Waals surface area (Å²) in [6, 6.07) is 14.3. The molecule has 2 aliphatic carbocycles. The van der Waals surface area contributed by atoms with Crippen molar-refractivity contribution in [3.8, 4) is 0 Å². The van der Waals surface area contributed by atoms with Crippen LogP contribution in [0.1, 0.15) is 30.4 Å². The molecule has 1 aromatic carbocycles. The molecule has 0 aliphatic heterocycles. The molecule has 2 aromatic rings. The Balaban J connectivity index is 1.61. The van der Waals surface area contributed by atoms with Gasteiger partial charge < -0.3 is 0 Å². The zero-order valence-corrected chi connectivity index (χ0v) is 12.8. The van der Waals surface area contributed by atoms with Crippen LogP contribution in [0.3, 0.4) is 0 Å². The van der Waals surface area contributed by atoms with E-state index >= 15 is 0 Å². The largest absolute Gasteiger partial charge is 0.300 e. The minimum atomic E-state index is 0.0922. The van der Waals surface area contributed by atoms with Crippen LogP contribution in [0.2, 0.25) is 0 Å². The highest BCUT2D eigenvalue weighted by molar-refractivity contribution is 5.97. The molecule has 1 spiro atoms. The van der Waals surface area contributed by atoms with E-state index in [4.69, 9.17) is 0 Å². The van der Waals surface area contributed by atoms with E-state index in [0.717, 1.165) is 25.1 Å². The Morgan fingerprint density at radius 2 is 2.05 bits per heavy atom. The standard InChI is InChI=1S/C19H20N2O/c1-21(17-10-4-5-12-20-17)18(22)16-13-19(16)11-6-8-14-7-2-3-9-15(14)19/h2-5,7,9-10,12,16H,6,8,11,13H2,1H3. The number of rotatable bonds is 2. The van der Waals surface area contributed by atoms with E-state index in [0.29, 0.717) is 0 Å². The molecule has 22 heavy (non-hydrogen) atoms. The van der Waals surface area contributed by atoms with Gasteiger partial charge in [-0.05, 0) is 48.9 Å². The van der Waals surface area contributed by atoms with Crippen molar-refractivity contribution in [3.05, 3.63) is 59.8 Å². The Bertz CT molecular complexity index is 712. The number of benzene rings is 1. The Labute approximate surface area is 131 Å². The van der Waals surface area contributed by atoms with E-state index in [2.05, 4.69) is 29.2 Å². The lowest BCUT2D eigenvalue weighted by Gasteiger charge is -2.27. The van der Waals surface area contributed by atoms with Crippen molar-refractivity contribution in [2.24, 2.45) is 5.92 Å². The summed E-state index contributed by atoms with van der Waals surface area (Å²) in [5, 5.41) is 0. The van der Waals surface area contributed by atoms with Gasteiger partial charge in [-0.1, -0.05) is 30.3 Å². The molecule has 1 amide bonds. The summed E-state index contributed by atoms with van der Waals surface area (Å²) in [5.74, 6) is 1.05. The first kappa shape index (κ1) is 13.5. The number of aryl methyl sites for hydroxylation is 1. The molecular weight excluding hydrogens is 272 g/mol. The summed E-state index contributed by atoms with van der Waals surface area (Å²) >= 11 is 0. The summed E-state index contributed by atoms with van der Waals surface area (Å²) in [7, 11) is 1.84. The van der Waals surface area contributed by atoms with Gasteiger partial charge in [0, 0.05) is 24.6 Å².